The van der Waals surface area contributed by atoms with Crippen molar-refractivity contribution in [3.05, 3.63) is 89.0 Å². The normalized spacial score (nSPS) is 10.3. The molecule has 3 aromatic rings. The van der Waals surface area contributed by atoms with Crippen molar-refractivity contribution in [3.63, 3.8) is 0 Å². The first-order valence-electron chi connectivity index (χ1n) is 10.1. The first kappa shape index (κ1) is 21.9. The fourth-order valence-corrected chi connectivity index (χ4v) is 3.31. The highest BCUT2D eigenvalue weighted by Crippen LogP contribution is 2.22. The number of para-hydroxylation sites is 1. The Morgan fingerprint density at radius 1 is 0.806 bits per heavy atom. The van der Waals surface area contributed by atoms with Crippen molar-refractivity contribution in [2.75, 3.05) is 11.9 Å². The maximum atomic E-state index is 12.2. The van der Waals surface area contributed by atoms with E-state index in [0.717, 1.165) is 33.7 Å². The van der Waals surface area contributed by atoms with Gasteiger partial charge in [0.2, 0.25) is 5.91 Å². The average molecular weight is 418 g/mol. The highest BCUT2D eigenvalue weighted by molar-refractivity contribution is 5.95. The Kier molecular flexibility index (Phi) is 7.27. The fraction of sp³-hybridized carbons (Fsp3) is 0.200. The van der Waals surface area contributed by atoms with E-state index in [1.807, 2.05) is 87.5 Å². The summed E-state index contributed by atoms with van der Waals surface area (Å²) in [5.41, 5.74) is 4.80. The van der Waals surface area contributed by atoms with Gasteiger partial charge in [-0.2, -0.15) is 0 Å². The number of carbonyl (C=O) groups excluding carboxylic acids is 2. The van der Waals surface area contributed by atoms with Crippen molar-refractivity contribution in [1.82, 2.24) is 10.6 Å². The number of benzene rings is 3. The number of rotatable bonds is 7. The Labute approximate surface area is 182 Å². The third kappa shape index (κ3) is 6.60. The van der Waals surface area contributed by atoms with Crippen LogP contribution in [-0.2, 0) is 11.3 Å². The Balaban J connectivity index is 1.46. The van der Waals surface area contributed by atoms with Gasteiger partial charge in [0.15, 0.2) is 0 Å². The number of nitrogens with one attached hydrogen (secondary N) is 3. The fourth-order valence-electron chi connectivity index (χ4n) is 3.31. The van der Waals surface area contributed by atoms with Crippen molar-refractivity contribution in [2.45, 2.75) is 27.3 Å². The van der Waals surface area contributed by atoms with Crippen LogP contribution in [0, 0.1) is 20.8 Å². The number of hydrogen-bond acceptors (Lipinski definition) is 3. The monoisotopic (exact) mass is 417 g/mol. The summed E-state index contributed by atoms with van der Waals surface area (Å²) in [7, 11) is 0. The van der Waals surface area contributed by atoms with Gasteiger partial charge in [-0.05, 0) is 61.7 Å². The van der Waals surface area contributed by atoms with E-state index in [2.05, 4.69) is 16.0 Å². The molecular formula is C25H27N3O3. The average Bonchev–Trinajstić information content (AvgIpc) is 2.74. The molecule has 3 N–H and O–H groups in total. The Bertz CT molecular complexity index is 1040. The second kappa shape index (κ2) is 10.3. The molecule has 0 aromatic heterocycles. The second-order valence-corrected chi connectivity index (χ2v) is 7.42. The Hall–Kier alpha value is -3.80. The summed E-state index contributed by atoms with van der Waals surface area (Å²) in [5.74, 6) is 1.16. The number of amides is 3. The molecule has 0 spiro atoms. The minimum atomic E-state index is -0.415. The van der Waals surface area contributed by atoms with Gasteiger partial charge in [0, 0.05) is 12.2 Å². The van der Waals surface area contributed by atoms with Gasteiger partial charge in [-0.1, -0.05) is 48.0 Å². The van der Waals surface area contributed by atoms with Gasteiger partial charge in [-0.3, -0.25) is 4.79 Å². The molecule has 160 valence electrons. The lowest BCUT2D eigenvalue weighted by molar-refractivity contribution is -0.115. The van der Waals surface area contributed by atoms with Crippen LogP contribution in [0.15, 0.2) is 66.7 Å². The largest absolute Gasteiger partial charge is 0.457 e. The van der Waals surface area contributed by atoms with Crippen LogP contribution in [0.4, 0.5) is 10.5 Å². The van der Waals surface area contributed by atoms with Crippen molar-refractivity contribution < 1.29 is 14.3 Å². The zero-order chi connectivity index (χ0) is 22.2. The molecule has 0 radical (unpaired) electrons. The second-order valence-electron chi connectivity index (χ2n) is 7.42. The molecule has 0 saturated carbocycles. The molecule has 6 heteroatoms. The number of ether oxygens (including phenoxy) is 1. The summed E-state index contributed by atoms with van der Waals surface area (Å²) in [6.07, 6.45) is 0. The number of urea groups is 1. The zero-order valence-corrected chi connectivity index (χ0v) is 18.0. The predicted molar refractivity (Wildman–Crippen MR) is 122 cm³/mol. The number of anilines is 1. The third-order valence-electron chi connectivity index (χ3n) is 4.68. The molecule has 6 nitrogen and oxygen atoms in total. The van der Waals surface area contributed by atoms with Crippen molar-refractivity contribution >= 4 is 17.6 Å². The Morgan fingerprint density at radius 3 is 2.19 bits per heavy atom. The highest BCUT2D eigenvalue weighted by atomic mass is 16.5. The minimum absolute atomic E-state index is 0.115. The molecule has 0 aliphatic heterocycles. The lowest BCUT2D eigenvalue weighted by Gasteiger charge is -2.13. The molecule has 0 aliphatic carbocycles. The van der Waals surface area contributed by atoms with E-state index in [9.17, 15) is 9.59 Å². The summed E-state index contributed by atoms with van der Waals surface area (Å²) >= 11 is 0. The topological polar surface area (TPSA) is 79.5 Å². The maximum absolute atomic E-state index is 12.2. The molecule has 3 rings (SSSR count). The smallest absolute Gasteiger partial charge is 0.315 e. The maximum Gasteiger partial charge on any atom is 0.315 e. The summed E-state index contributed by atoms with van der Waals surface area (Å²) in [6, 6.07) is 20.6. The lowest BCUT2D eigenvalue weighted by Crippen LogP contribution is -2.39. The van der Waals surface area contributed by atoms with Crippen LogP contribution < -0.4 is 20.7 Å². The summed E-state index contributed by atoms with van der Waals surface area (Å²) in [4.78, 5) is 24.3. The van der Waals surface area contributed by atoms with Crippen LogP contribution in [0.25, 0.3) is 0 Å². The molecule has 0 aliphatic rings. The van der Waals surface area contributed by atoms with Gasteiger partial charge in [0.05, 0.1) is 6.54 Å². The van der Waals surface area contributed by atoms with Crippen LogP contribution in [0.1, 0.15) is 22.3 Å². The quantitative estimate of drug-likeness (QED) is 0.515. The van der Waals surface area contributed by atoms with E-state index in [1.54, 1.807) is 0 Å². The van der Waals surface area contributed by atoms with Crippen molar-refractivity contribution in [1.29, 1.82) is 0 Å². The SMILES string of the molecule is Cc1cc(C)c(NC(=O)CNC(=O)NCc2cccc(Oc3ccccc3)c2)c(C)c1. The number of hydrogen-bond donors (Lipinski definition) is 3. The number of aryl methyl sites for hydroxylation is 3. The van der Waals surface area contributed by atoms with E-state index in [-0.39, 0.29) is 12.5 Å². The lowest BCUT2D eigenvalue weighted by atomic mass is 10.1. The first-order chi connectivity index (χ1) is 14.9. The van der Waals surface area contributed by atoms with Crippen LogP contribution in [0.3, 0.4) is 0 Å². The predicted octanol–water partition coefficient (Wildman–Crippen LogP) is 4.84. The van der Waals surface area contributed by atoms with Crippen LogP contribution >= 0.6 is 0 Å². The molecule has 31 heavy (non-hydrogen) atoms. The molecular weight excluding hydrogens is 390 g/mol. The van der Waals surface area contributed by atoms with E-state index < -0.39 is 6.03 Å². The summed E-state index contributed by atoms with van der Waals surface area (Å²) < 4.78 is 5.81. The van der Waals surface area contributed by atoms with E-state index in [1.165, 1.54) is 0 Å². The third-order valence-corrected chi connectivity index (χ3v) is 4.68. The van der Waals surface area contributed by atoms with Crippen LogP contribution in [0.2, 0.25) is 0 Å². The molecule has 0 fully saturated rings. The molecule has 0 unspecified atom stereocenters. The standard InChI is InChI=1S/C25H27N3O3/c1-17-12-18(2)24(19(3)13-17)28-23(29)16-27-25(30)26-15-20-8-7-11-22(14-20)31-21-9-5-4-6-10-21/h4-14H,15-16H2,1-3H3,(H,28,29)(H2,26,27,30). The van der Waals surface area contributed by atoms with Gasteiger partial charge in [0.25, 0.3) is 0 Å². The van der Waals surface area contributed by atoms with E-state index >= 15 is 0 Å². The van der Waals surface area contributed by atoms with E-state index in [0.29, 0.717) is 12.3 Å². The summed E-state index contributed by atoms with van der Waals surface area (Å²) in [5, 5.41) is 8.21. The van der Waals surface area contributed by atoms with Gasteiger partial charge in [-0.25, -0.2) is 4.79 Å². The molecule has 3 amide bonds. The highest BCUT2D eigenvalue weighted by Gasteiger charge is 2.10. The molecule has 3 aromatic carbocycles. The Morgan fingerprint density at radius 2 is 1.48 bits per heavy atom. The van der Waals surface area contributed by atoms with E-state index in [4.69, 9.17) is 4.74 Å². The molecule has 0 atom stereocenters. The first-order valence-corrected chi connectivity index (χ1v) is 10.1. The van der Waals surface area contributed by atoms with Crippen molar-refractivity contribution in [2.24, 2.45) is 0 Å². The van der Waals surface area contributed by atoms with Gasteiger partial charge in [-0.15, -0.1) is 0 Å². The molecule has 0 bridgehead atoms. The van der Waals surface area contributed by atoms with Crippen LogP contribution in [-0.4, -0.2) is 18.5 Å². The molecule has 0 heterocycles. The van der Waals surface area contributed by atoms with Gasteiger partial charge >= 0.3 is 6.03 Å². The van der Waals surface area contributed by atoms with Gasteiger partial charge < -0.3 is 20.7 Å². The molecule has 0 saturated heterocycles. The summed E-state index contributed by atoms with van der Waals surface area (Å²) in [6.45, 7) is 6.11. The van der Waals surface area contributed by atoms with Crippen LogP contribution in [0.5, 0.6) is 11.5 Å². The van der Waals surface area contributed by atoms with Crippen molar-refractivity contribution in [3.8, 4) is 11.5 Å². The minimum Gasteiger partial charge on any atom is -0.457 e. The van der Waals surface area contributed by atoms with Gasteiger partial charge in [0.1, 0.15) is 11.5 Å². The zero-order valence-electron chi connectivity index (χ0n) is 18.0. The number of carbonyl (C=O) groups is 2.